The van der Waals surface area contributed by atoms with Crippen molar-refractivity contribution in [3.8, 4) is 6.07 Å². The minimum absolute atomic E-state index is 0.165. The van der Waals surface area contributed by atoms with E-state index < -0.39 is 0 Å². The van der Waals surface area contributed by atoms with Crippen molar-refractivity contribution < 1.29 is 0 Å². The normalized spacial score (nSPS) is 12.0. The average molecular weight is 292 g/mol. The Hall–Kier alpha value is -1.87. The van der Waals surface area contributed by atoms with Crippen molar-refractivity contribution in [2.24, 2.45) is 0 Å². The predicted octanol–water partition coefficient (Wildman–Crippen LogP) is 2.13. The summed E-state index contributed by atoms with van der Waals surface area (Å²) in [6.07, 6.45) is 7.02. The van der Waals surface area contributed by atoms with Gasteiger partial charge in [0.25, 0.3) is 0 Å². The van der Waals surface area contributed by atoms with Gasteiger partial charge in [0.1, 0.15) is 0 Å². The van der Waals surface area contributed by atoms with Gasteiger partial charge in [-0.2, -0.15) is 10.4 Å². The molecule has 1 unspecified atom stereocenters. The largest absolute Gasteiger partial charge is 0.396 e. The second-order valence-electron chi connectivity index (χ2n) is 3.57. The summed E-state index contributed by atoms with van der Waals surface area (Å²) in [5.41, 5.74) is 7.13. The number of nitrogen functional groups attached to an aromatic ring is 1. The predicted molar refractivity (Wildman–Crippen MR) is 66.9 cm³/mol. The molecule has 0 aliphatic rings. The van der Waals surface area contributed by atoms with Gasteiger partial charge in [0.15, 0.2) is 0 Å². The van der Waals surface area contributed by atoms with Crippen molar-refractivity contribution in [3.05, 3.63) is 40.9 Å². The second-order valence-corrected chi connectivity index (χ2v) is 4.48. The molecule has 2 rings (SSSR count). The zero-order valence-corrected chi connectivity index (χ0v) is 10.5. The number of nitriles is 1. The first-order valence-corrected chi connectivity index (χ1v) is 5.77. The third-order valence-electron chi connectivity index (χ3n) is 2.34. The van der Waals surface area contributed by atoms with Gasteiger partial charge in [-0.1, -0.05) is 0 Å². The Balaban J connectivity index is 2.39. The molecule has 1 atom stereocenters. The molecular weight excluding hydrogens is 282 g/mol. The molecule has 0 amide bonds. The van der Waals surface area contributed by atoms with E-state index in [9.17, 15) is 0 Å². The maximum absolute atomic E-state index is 8.88. The Morgan fingerprint density at radius 3 is 2.88 bits per heavy atom. The maximum atomic E-state index is 8.88. The van der Waals surface area contributed by atoms with Gasteiger partial charge in [-0.15, -0.1) is 0 Å². The van der Waals surface area contributed by atoms with Crippen molar-refractivity contribution in [2.75, 3.05) is 5.73 Å². The van der Waals surface area contributed by atoms with Crippen LogP contribution in [0.25, 0.3) is 0 Å². The van der Waals surface area contributed by atoms with Crippen LogP contribution in [-0.2, 0) is 0 Å². The van der Waals surface area contributed by atoms with E-state index in [2.05, 4.69) is 32.1 Å². The van der Waals surface area contributed by atoms with Gasteiger partial charge in [-0.05, 0) is 27.6 Å². The highest BCUT2D eigenvalue weighted by atomic mass is 79.9. The highest BCUT2D eigenvalue weighted by molar-refractivity contribution is 9.10. The van der Waals surface area contributed by atoms with Crippen LogP contribution < -0.4 is 5.73 Å². The molecule has 0 aliphatic heterocycles. The van der Waals surface area contributed by atoms with Gasteiger partial charge in [0.05, 0.1) is 30.4 Å². The lowest BCUT2D eigenvalue weighted by molar-refractivity contribution is 0.531. The Morgan fingerprint density at radius 2 is 2.29 bits per heavy atom. The minimum Gasteiger partial charge on any atom is -0.396 e. The van der Waals surface area contributed by atoms with Crippen molar-refractivity contribution in [2.45, 2.75) is 12.5 Å². The molecule has 0 saturated heterocycles. The van der Waals surface area contributed by atoms with Crippen molar-refractivity contribution >= 4 is 21.6 Å². The van der Waals surface area contributed by atoms with Gasteiger partial charge in [-0.25, -0.2) is 0 Å². The summed E-state index contributed by atoms with van der Waals surface area (Å²) in [5, 5.41) is 13.0. The van der Waals surface area contributed by atoms with Crippen molar-refractivity contribution in [1.82, 2.24) is 14.8 Å². The molecule has 5 nitrogen and oxygen atoms in total. The molecule has 86 valence electrons. The Morgan fingerprint density at radius 1 is 1.47 bits per heavy atom. The highest BCUT2D eigenvalue weighted by Gasteiger charge is 2.15. The number of aromatic nitrogens is 3. The highest BCUT2D eigenvalue weighted by Crippen LogP contribution is 2.23. The number of hydrogen-bond donors (Lipinski definition) is 1. The molecule has 2 aromatic heterocycles. The molecule has 2 heterocycles. The quantitative estimate of drug-likeness (QED) is 0.939. The minimum atomic E-state index is -0.165. The van der Waals surface area contributed by atoms with Gasteiger partial charge in [-0.3, -0.25) is 9.67 Å². The van der Waals surface area contributed by atoms with Crippen molar-refractivity contribution in [1.29, 1.82) is 5.26 Å². The van der Waals surface area contributed by atoms with E-state index in [0.717, 1.165) is 10.0 Å². The number of nitrogens with two attached hydrogens (primary N) is 1. The van der Waals surface area contributed by atoms with E-state index in [1.807, 2.05) is 6.07 Å². The fourth-order valence-corrected chi connectivity index (χ4v) is 1.97. The Bertz CT molecular complexity index is 557. The van der Waals surface area contributed by atoms with Crippen LogP contribution in [0.15, 0.2) is 35.3 Å². The second kappa shape index (κ2) is 4.97. The molecule has 0 saturated carbocycles. The number of nitrogens with zero attached hydrogens (tertiary/aromatic N) is 4. The van der Waals surface area contributed by atoms with E-state index in [4.69, 9.17) is 11.0 Å². The van der Waals surface area contributed by atoms with E-state index in [-0.39, 0.29) is 6.04 Å². The first kappa shape index (κ1) is 11.6. The van der Waals surface area contributed by atoms with Crippen LogP contribution in [0.5, 0.6) is 0 Å². The topological polar surface area (TPSA) is 80.5 Å². The fraction of sp³-hybridized carbons (Fsp3) is 0.182. The monoisotopic (exact) mass is 291 g/mol. The molecule has 0 aliphatic carbocycles. The third kappa shape index (κ3) is 2.63. The van der Waals surface area contributed by atoms with Crippen LogP contribution >= 0.6 is 15.9 Å². The number of pyridine rings is 1. The first-order chi connectivity index (χ1) is 8.20. The van der Waals surface area contributed by atoms with Crippen LogP contribution in [0.1, 0.15) is 18.0 Å². The molecule has 6 heteroatoms. The van der Waals surface area contributed by atoms with Gasteiger partial charge < -0.3 is 5.73 Å². The van der Waals surface area contributed by atoms with Gasteiger partial charge in [0, 0.05) is 23.1 Å². The van der Waals surface area contributed by atoms with Gasteiger partial charge in [0.2, 0.25) is 0 Å². The van der Waals surface area contributed by atoms with Crippen molar-refractivity contribution in [3.63, 3.8) is 0 Å². The maximum Gasteiger partial charge on any atom is 0.0914 e. The zero-order valence-electron chi connectivity index (χ0n) is 8.92. The van der Waals surface area contributed by atoms with E-state index in [1.165, 1.54) is 0 Å². The smallest absolute Gasteiger partial charge is 0.0914 e. The first-order valence-electron chi connectivity index (χ1n) is 4.97. The Labute approximate surface area is 107 Å². The molecular formula is C11H10BrN5. The number of rotatable bonds is 3. The van der Waals surface area contributed by atoms with Crippen LogP contribution in [0.4, 0.5) is 5.69 Å². The standard InChI is InChI=1S/C11H10BrN5/c12-9-3-8(4-15-5-9)11(1-2-13)17-7-10(14)6-16-17/h3-7,11H,1,14H2. The Kier molecular flexibility index (Phi) is 3.40. The summed E-state index contributed by atoms with van der Waals surface area (Å²) in [4.78, 5) is 4.09. The van der Waals surface area contributed by atoms with Crippen LogP contribution in [0.2, 0.25) is 0 Å². The summed E-state index contributed by atoms with van der Waals surface area (Å²) < 4.78 is 2.56. The van der Waals surface area contributed by atoms with Crippen LogP contribution in [-0.4, -0.2) is 14.8 Å². The molecule has 2 N–H and O–H groups in total. The summed E-state index contributed by atoms with van der Waals surface area (Å²) in [5.74, 6) is 0. The number of hydrogen-bond acceptors (Lipinski definition) is 4. The summed E-state index contributed by atoms with van der Waals surface area (Å²) >= 11 is 3.36. The number of halogens is 1. The molecule has 2 aromatic rings. The average Bonchev–Trinajstić information content (AvgIpc) is 2.72. The molecule has 0 radical (unpaired) electrons. The summed E-state index contributed by atoms with van der Waals surface area (Å²) in [7, 11) is 0. The van der Waals surface area contributed by atoms with Crippen LogP contribution in [0.3, 0.4) is 0 Å². The van der Waals surface area contributed by atoms with Gasteiger partial charge >= 0.3 is 0 Å². The fourth-order valence-electron chi connectivity index (χ4n) is 1.58. The third-order valence-corrected chi connectivity index (χ3v) is 2.77. The van der Waals surface area contributed by atoms with E-state index in [0.29, 0.717) is 12.1 Å². The van der Waals surface area contributed by atoms with E-state index in [1.54, 1.807) is 29.5 Å². The summed E-state index contributed by atoms with van der Waals surface area (Å²) in [6, 6.07) is 3.91. The molecule has 0 bridgehead atoms. The van der Waals surface area contributed by atoms with Crippen LogP contribution in [0, 0.1) is 11.3 Å². The van der Waals surface area contributed by atoms with E-state index >= 15 is 0 Å². The molecule has 0 aromatic carbocycles. The zero-order chi connectivity index (χ0) is 12.3. The lowest BCUT2D eigenvalue weighted by Crippen LogP contribution is -2.11. The lowest BCUT2D eigenvalue weighted by Gasteiger charge is -2.14. The SMILES string of the molecule is N#CCC(c1cncc(Br)c1)n1cc(N)cn1. The number of anilines is 1. The summed E-state index contributed by atoms with van der Waals surface area (Å²) in [6.45, 7) is 0. The molecule has 0 fully saturated rings. The lowest BCUT2D eigenvalue weighted by atomic mass is 10.1. The molecule has 0 spiro atoms. The molecule has 17 heavy (non-hydrogen) atoms.